The first kappa shape index (κ1) is 18.6. The average Bonchev–Trinajstić information content (AvgIpc) is 3.08. The molecule has 0 fully saturated rings. The summed E-state index contributed by atoms with van der Waals surface area (Å²) in [7, 11) is 1.71. The zero-order valence-electron chi connectivity index (χ0n) is 15.6. The molecule has 6 nitrogen and oxygen atoms in total. The van der Waals surface area contributed by atoms with Crippen LogP contribution in [0.25, 0.3) is 11.0 Å². The van der Waals surface area contributed by atoms with Gasteiger partial charge in [-0.05, 0) is 30.5 Å². The summed E-state index contributed by atoms with van der Waals surface area (Å²) in [5.74, 6) is -0.0729. The van der Waals surface area contributed by atoms with Crippen molar-refractivity contribution in [3.05, 3.63) is 75.5 Å². The molecule has 1 heterocycles. The van der Waals surface area contributed by atoms with E-state index in [-0.39, 0.29) is 24.1 Å². The van der Waals surface area contributed by atoms with E-state index in [9.17, 15) is 14.9 Å². The third-order valence-electron chi connectivity index (χ3n) is 5.01. The molecule has 0 unspecified atom stereocenters. The van der Waals surface area contributed by atoms with Crippen LogP contribution in [-0.2, 0) is 17.6 Å². The predicted molar refractivity (Wildman–Crippen MR) is 104 cm³/mol. The molecule has 0 saturated carbocycles. The molecule has 27 heavy (non-hydrogen) atoms. The summed E-state index contributed by atoms with van der Waals surface area (Å²) in [5.41, 5.74) is 3.56. The number of carbonyl (C=O) groups excluding carboxylic acids is 1. The number of rotatable bonds is 6. The van der Waals surface area contributed by atoms with Crippen molar-refractivity contribution >= 4 is 22.6 Å². The van der Waals surface area contributed by atoms with E-state index in [1.165, 1.54) is 17.7 Å². The number of nitro groups is 1. The summed E-state index contributed by atoms with van der Waals surface area (Å²) in [5, 5.41) is 11.9. The molecule has 2 aromatic carbocycles. The normalized spacial score (nSPS) is 12.1. The summed E-state index contributed by atoms with van der Waals surface area (Å²) in [6.45, 7) is 3.94. The lowest BCUT2D eigenvalue weighted by atomic mass is 10.0. The van der Waals surface area contributed by atoms with Crippen molar-refractivity contribution in [2.75, 3.05) is 7.05 Å². The van der Waals surface area contributed by atoms with Gasteiger partial charge in [0.15, 0.2) is 0 Å². The highest BCUT2D eigenvalue weighted by molar-refractivity contribution is 5.88. The van der Waals surface area contributed by atoms with E-state index in [0.717, 1.165) is 28.5 Å². The maximum Gasteiger partial charge on any atom is 0.269 e. The van der Waals surface area contributed by atoms with Crippen LogP contribution in [0.3, 0.4) is 0 Å². The van der Waals surface area contributed by atoms with Crippen LogP contribution in [0.1, 0.15) is 36.6 Å². The lowest BCUT2D eigenvalue weighted by molar-refractivity contribution is -0.384. The van der Waals surface area contributed by atoms with Crippen LogP contribution in [0.2, 0.25) is 0 Å². The zero-order valence-corrected chi connectivity index (χ0v) is 15.6. The summed E-state index contributed by atoms with van der Waals surface area (Å²) < 4.78 is 5.61. The first-order chi connectivity index (χ1) is 12.9. The smallest absolute Gasteiger partial charge is 0.269 e. The van der Waals surface area contributed by atoms with Gasteiger partial charge in [0.05, 0.1) is 23.6 Å². The summed E-state index contributed by atoms with van der Waals surface area (Å²) in [6.07, 6.45) is 2.77. The molecule has 1 aromatic heterocycles. The molecule has 0 radical (unpaired) electrons. The van der Waals surface area contributed by atoms with Crippen molar-refractivity contribution in [3.63, 3.8) is 0 Å². The summed E-state index contributed by atoms with van der Waals surface area (Å²) in [6, 6.07) is 12.1. The van der Waals surface area contributed by atoms with Gasteiger partial charge in [-0.3, -0.25) is 14.9 Å². The van der Waals surface area contributed by atoms with Crippen LogP contribution in [0.4, 0.5) is 5.69 Å². The van der Waals surface area contributed by atoms with Gasteiger partial charge in [-0.2, -0.15) is 0 Å². The molecule has 1 atom stereocenters. The number of non-ortho nitro benzene ring substituents is 1. The first-order valence-electron chi connectivity index (χ1n) is 8.89. The Labute approximate surface area is 157 Å². The number of aryl methyl sites for hydroxylation is 1. The molecule has 6 heteroatoms. The number of carbonyl (C=O) groups is 1. The summed E-state index contributed by atoms with van der Waals surface area (Å²) >= 11 is 0. The fraction of sp³-hybridized carbons (Fsp3) is 0.286. The molecule has 3 rings (SSSR count). The van der Waals surface area contributed by atoms with Crippen LogP contribution in [-0.4, -0.2) is 22.8 Å². The van der Waals surface area contributed by atoms with Gasteiger partial charge in [0.1, 0.15) is 5.58 Å². The fourth-order valence-corrected chi connectivity index (χ4v) is 3.11. The minimum Gasteiger partial charge on any atom is -0.464 e. The number of nitrogens with zero attached hydrogens (tertiary/aromatic N) is 2. The molecule has 0 aliphatic carbocycles. The Morgan fingerprint density at radius 3 is 2.74 bits per heavy atom. The van der Waals surface area contributed by atoms with Gasteiger partial charge in [-0.25, -0.2) is 0 Å². The first-order valence-corrected chi connectivity index (χ1v) is 8.89. The fourth-order valence-electron chi connectivity index (χ4n) is 3.11. The Balaban J connectivity index is 1.77. The quantitative estimate of drug-likeness (QED) is 0.469. The molecule has 0 spiro atoms. The van der Waals surface area contributed by atoms with Crippen LogP contribution in [0.15, 0.2) is 53.1 Å². The number of furan rings is 1. The van der Waals surface area contributed by atoms with E-state index < -0.39 is 4.92 Å². The van der Waals surface area contributed by atoms with Crippen LogP contribution >= 0.6 is 0 Å². The highest BCUT2D eigenvalue weighted by Crippen LogP contribution is 2.26. The molecular weight excluding hydrogens is 344 g/mol. The molecule has 0 bridgehead atoms. The Morgan fingerprint density at radius 2 is 2.04 bits per heavy atom. The maximum absolute atomic E-state index is 12.8. The molecule has 0 N–H and O–H groups in total. The highest BCUT2D eigenvalue weighted by atomic mass is 16.6. The second kappa shape index (κ2) is 7.61. The standard InChI is InChI=1S/C21H22N2O4/c1-4-15-8-9-19-17(13-27-20(19)10-15)12-21(24)22(3)14(2)16-6-5-7-18(11-16)23(25)26/h5-11,13-14H,4,12H2,1-3H3/t14-/m1/s1. The van der Waals surface area contributed by atoms with Gasteiger partial charge in [-0.15, -0.1) is 0 Å². The lowest BCUT2D eigenvalue weighted by Crippen LogP contribution is -2.30. The van der Waals surface area contributed by atoms with Gasteiger partial charge in [0.25, 0.3) is 5.69 Å². The number of nitro benzene ring substituents is 1. The second-order valence-electron chi connectivity index (χ2n) is 6.65. The minimum absolute atomic E-state index is 0.0211. The SMILES string of the molecule is CCc1ccc2c(CC(=O)N(C)[C@H](C)c3cccc([N+](=O)[O-])c3)coc2c1. The van der Waals surface area contributed by atoms with E-state index in [4.69, 9.17) is 4.42 Å². The third kappa shape index (κ3) is 3.84. The minimum atomic E-state index is -0.430. The van der Waals surface area contributed by atoms with Gasteiger partial charge in [0.2, 0.25) is 5.91 Å². The molecule has 3 aromatic rings. The number of hydrogen-bond acceptors (Lipinski definition) is 4. The molecule has 0 saturated heterocycles. The van der Waals surface area contributed by atoms with Crippen molar-refractivity contribution in [3.8, 4) is 0 Å². The number of amides is 1. The Bertz CT molecular complexity index is 993. The molecule has 1 amide bonds. The molecular formula is C21H22N2O4. The van der Waals surface area contributed by atoms with E-state index in [0.29, 0.717) is 0 Å². The van der Waals surface area contributed by atoms with E-state index >= 15 is 0 Å². The Kier molecular flexibility index (Phi) is 5.26. The Hall–Kier alpha value is -3.15. The van der Waals surface area contributed by atoms with Crippen LogP contribution in [0.5, 0.6) is 0 Å². The lowest BCUT2D eigenvalue weighted by Gasteiger charge is -2.25. The van der Waals surface area contributed by atoms with Gasteiger partial charge in [0, 0.05) is 30.1 Å². The number of hydrogen-bond donors (Lipinski definition) is 0. The largest absolute Gasteiger partial charge is 0.464 e. The topological polar surface area (TPSA) is 76.6 Å². The van der Waals surface area contributed by atoms with E-state index in [1.807, 2.05) is 25.1 Å². The summed E-state index contributed by atoms with van der Waals surface area (Å²) in [4.78, 5) is 24.9. The van der Waals surface area contributed by atoms with E-state index in [2.05, 4.69) is 6.92 Å². The maximum atomic E-state index is 12.8. The molecule has 140 valence electrons. The van der Waals surface area contributed by atoms with E-state index in [1.54, 1.807) is 30.3 Å². The predicted octanol–water partition coefficient (Wildman–Crippen LogP) is 4.67. The average molecular weight is 366 g/mol. The third-order valence-corrected chi connectivity index (χ3v) is 5.01. The van der Waals surface area contributed by atoms with Crippen molar-refractivity contribution in [2.45, 2.75) is 32.7 Å². The number of benzene rings is 2. The molecule has 0 aliphatic rings. The van der Waals surface area contributed by atoms with Crippen molar-refractivity contribution in [1.29, 1.82) is 0 Å². The number of likely N-dealkylation sites (N-methyl/N-ethyl adjacent to an activating group) is 1. The second-order valence-corrected chi connectivity index (χ2v) is 6.65. The van der Waals surface area contributed by atoms with Crippen LogP contribution in [0, 0.1) is 10.1 Å². The highest BCUT2D eigenvalue weighted by Gasteiger charge is 2.21. The van der Waals surface area contributed by atoms with Gasteiger partial charge < -0.3 is 9.32 Å². The van der Waals surface area contributed by atoms with Crippen LogP contribution < -0.4 is 0 Å². The zero-order chi connectivity index (χ0) is 19.6. The monoisotopic (exact) mass is 366 g/mol. The van der Waals surface area contributed by atoms with Crippen molar-refractivity contribution < 1.29 is 14.1 Å². The number of fused-ring (bicyclic) bond motifs is 1. The van der Waals surface area contributed by atoms with Crippen molar-refractivity contribution in [2.24, 2.45) is 0 Å². The molecule has 0 aliphatic heterocycles. The van der Waals surface area contributed by atoms with Gasteiger partial charge >= 0.3 is 0 Å². The van der Waals surface area contributed by atoms with Gasteiger partial charge in [-0.1, -0.05) is 31.2 Å². The Morgan fingerprint density at radius 1 is 1.26 bits per heavy atom. The van der Waals surface area contributed by atoms with Crippen molar-refractivity contribution in [1.82, 2.24) is 4.90 Å².